The van der Waals surface area contributed by atoms with E-state index in [0.29, 0.717) is 17.5 Å². The number of allylic oxidation sites excluding steroid dienone is 7. The molecule has 0 bridgehead atoms. The highest BCUT2D eigenvalue weighted by Gasteiger charge is 2.50. The molecular formula is C29H44ClN5O. The first kappa shape index (κ1) is 29.6. The fourth-order valence-electron chi connectivity index (χ4n) is 4.49. The fourth-order valence-corrected chi connectivity index (χ4v) is 4.78. The molecule has 0 radical (unpaired) electrons. The lowest BCUT2D eigenvalue weighted by Crippen LogP contribution is -2.30. The molecule has 1 atom stereocenters. The van der Waals surface area contributed by atoms with Crippen LogP contribution in [-0.4, -0.2) is 40.7 Å². The molecule has 0 aliphatic heterocycles. The Balaban J connectivity index is 2.16. The van der Waals surface area contributed by atoms with Crippen LogP contribution in [0.15, 0.2) is 64.5 Å². The van der Waals surface area contributed by atoms with Crippen LogP contribution in [0.25, 0.3) is 0 Å². The SMILES string of the molecule is C=CCn1c(N(CCC)CCCC(C)O/C(N=C)=C(Cl)/C=C(/C)CC)nnc1C1(/C(C=C)=C/C)CC1. The van der Waals surface area contributed by atoms with Gasteiger partial charge in [-0.1, -0.05) is 55.8 Å². The standard InChI is InChI=1S/C29H44ClN5O/c1-9-18-34(20-14-15-23(7)36-26(31-8)25(30)21-22(6)11-3)28-33-32-27(35(28)19-10-2)29(16-17-29)24(12-4)13-5/h10,12-13,21,23H,2,4,8-9,11,14-20H2,1,3,5-7H3/b22-21-,24-13+,26-25-. The average molecular weight is 514 g/mol. The van der Waals surface area contributed by atoms with Gasteiger partial charge in [-0.05, 0) is 77.7 Å². The van der Waals surface area contributed by atoms with E-state index in [2.05, 4.69) is 66.3 Å². The summed E-state index contributed by atoms with van der Waals surface area (Å²) >= 11 is 6.41. The second-order valence-electron chi connectivity index (χ2n) is 9.47. The van der Waals surface area contributed by atoms with Gasteiger partial charge in [-0.25, -0.2) is 4.99 Å². The maximum atomic E-state index is 6.41. The molecule has 0 saturated heterocycles. The zero-order valence-electron chi connectivity index (χ0n) is 22.9. The monoisotopic (exact) mass is 513 g/mol. The van der Waals surface area contributed by atoms with Gasteiger partial charge in [0.2, 0.25) is 11.8 Å². The number of halogens is 1. The molecule has 0 aromatic carbocycles. The van der Waals surface area contributed by atoms with Crippen LogP contribution in [0.5, 0.6) is 0 Å². The Morgan fingerprint density at radius 2 is 2.00 bits per heavy atom. The number of aromatic nitrogens is 3. The summed E-state index contributed by atoms with van der Waals surface area (Å²) in [6.07, 6.45) is 13.7. The smallest absolute Gasteiger partial charge is 0.232 e. The van der Waals surface area contributed by atoms with Crippen LogP contribution in [0.3, 0.4) is 0 Å². The van der Waals surface area contributed by atoms with E-state index in [1.807, 2.05) is 32.1 Å². The van der Waals surface area contributed by atoms with Crippen LogP contribution in [0.2, 0.25) is 0 Å². The number of aliphatic imine (C=N–C) groups is 1. The number of hydrogen-bond acceptors (Lipinski definition) is 5. The fraction of sp³-hybridized carbons (Fsp3) is 0.552. The number of ether oxygens (including phenoxy) is 1. The van der Waals surface area contributed by atoms with E-state index in [9.17, 15) is 0 Å². The van der Waals surface area contributed by atoms with Gasteiger partial charge in [0.1, 0.15) is 10.9 Å². The highest BCUT2D eigenvalue weighted by Crippen LogP contribution is 2.54. The van der Waals surface area contributed by atoms with Crippen LogP contribution in [0.4, 0.5) is 5.95 Å². The Hall–Kier alpha value is -2.60. The molecule has 1 heterocycles. The average Bonchev–Trinajstić information content (AvgIpc) is 3.55. The first-order valence-corrected chi connectivity index (χ1v) is 13.5. The molecule has 1 fully saturated rings. The zero-order valence-corrected chi connectivity index (χ0v) is 23.7. The van der Waals surface area contributed by atoms with Gasteiger partial charge in [0.05, 0.1) is 11.5 Å². The molecule has 1 aliphatic carbocycles. The first-order valence-electron chi connectivity index (χ1n) is 13.1. The van der Waals surface area contributed by atoms with Crippen LogP contribution >= 0.6 is 11.6 Å². The molecule has 1 aliphatic rings. The summed E-state index contributed by atoms with van der Waals surface area (Å²) in [6.45, 7) is 24.5. The van der Waals surface area contributed by atoms with Crippen molar-refractivity contribution in [2.45, 2.75) is 91.2 Å². The predicted octanol–water partition coefficient (Wildman–Crippen LogP) is 7.49. The van der Waals surface area contributed by atoms with Crippen molar-refractivity contribution in [1.29, 1.82) is 0 Å². The van der Waals surface area contributed by atoms with Gasteiger partial charge < -0.3 is 9.64 Å². The maximum absolute atomic E-state index is 6.41. The number of hydrogen-bond donors (Lipinski definition) is 0. The molecule has 7 heteroatoms. The predicted molar refractivity (Wildman–Crippen MR) is 154 cm³/mol. The van der Waals surface area contributed by atoms with E-state index in [1.165, 1.54) is 11.1 Å². The largest absolute Gasteiger partial charge is 0.474 e. The second-order valence-corrected chi connectivity index (χ2v) is 9.87. The number of anilines is 1. The van der Waals surface area contributed by atoms with Crippen LogP contribution in [0, 0.1) is 0 Å². The lowest BCUT2D eigenvalue weighted by molar-refractivity contribution is 0.120. The van der Waals surface area contributed by atoms with Gasteiger partial charge in [0.25, 0.3) is 0 Å². The molecule has 1 saturated carbocycles. The highest BCUT2D eigenvalue weighted by atomic mass is 35.5. The van der Waals surface area contributed by atoms with Gasteiger partial charge in [-0.15, -0.1) is 16.8 Å². The summed E-state index contributed by atoms with van der Waals surface area (Å²) in [5, 5.41) is 9.86. The number of nitrogens with zero attached hydrogens (tertiary/aromatic N) is 5. The van der Waals surface area contributed by atoms with Crippen molar-refractivity contribution in [3.63, 3.8) is 0 Å². The van der Waals surface area contributed by atoms with Crippen LogP contribution < -0.4 is 4.90 Å². The van der Waals surface area contributed by atoms with Crippen molar-refractivity contribution in [3.8, 4) is 0 Å². The van der Waals surface area contributed by atoms with Gasteiger partial charge in [-0.2, -0.15) is 0 Å². The van der Waals surface area contributed by atoms with Crippen molar-refractivity contribution < 1.29 is 4.74 Å². The third kappa shape index (κ3) is 7.22. The molecule has 2 rings (SSSR count). The molecule has 0 spiro atoms. The summed E-state index contributed by atoms with van der Waals surface area (Å²) in [4.78, 5) is 6.33. The van der Waals surface area contributed by atoms with Gasteiger partial charge in [0.15, 0.2) is 0 Å². The first-order chi connectivity index (χ1) is 17.3. The minimum absolute atomic E-state index is 0.0424. The van der Waals surface area contributed by atoms with E-state index in [-0.39, 0.29) is 11.5 Å². The van der Waals surface area contributed by atoms with Gasteiger partial charge >= 0.3 is 0 Å². The quantitative estimate of drug-likeness (QED) is 0.0936. The van der Waals surface area contributed by atoms with E-state index in [0.717, 1.165) is 63.4 Å². The van der Waals surface area contributed by atoms with Crippen LogP contribution in [-0.2, 0) is 16.7 Å². The minimum atomic E-state index is -0.0741. The Morgan fingerprint density at radius 3 is 2.53 bits per heavy atom. The second kappa shape index (κ2) is 14.2. The van der Waals surface area contributed by atoms with Crippen molar-refractivity contribution in [3.05, 3.63) is 65.3 Å². The summed E-state index contributed by atoms with van der Waals surface area (Å²) in [5.41, 5.74) is 2.32. The lowest BCUT2D eigenvalue weighted by Gasteiger charge is -2.25. The topological polar surface area (TPSA) is 55.5 Å². The molecule has 198 valence electrons. The maximum Gasteiger partial charge on any atom is 0.232 e. The molecule has 1 aromatic rings. The summed E-state index contributed by atoms with van der Waals surface area (Å²) in [7, 11) is 0. The third-order valence-corrected chi connectivity index (χ3v) is 6.98. The third-order valence-electron chi connectivity index (χ3n) is 6.71. The van der Waals surface area contributed by atoms with E-state index in [4.69, 9.17) is 21.4 Å². The lowest BCUT2D eigenvalue weighted by atomic mass is 9.94. The Kier molecular flexibility index (Phi) is 11.7. The van der Waals surface area contributed by atoms with Gasteiger partial charge in [0, 0.05) is 19.6 Å². The molecule has 1 unspecified atom stereocenters. The minimum Gasteiger partial charge on any atom is -0.474 e. The molecule has 36 heavy (non-hydrogen) atoms. The summed E-state index contributed by atoms with van der Waals surface area (Å²) in [6, 6.07) is 0. The normalized spacial score (nSPS) is 16.7. The van der Waals surface area contributed by atoms with Crippen molar-refractivity contribution in [1.82, 2.24) is 14.8 Å². The molecule has 0 N–H and O–H groups in total. The number of rotatable bonds is 17. The van der Waals surface area contributed by atoms with Crippen molar-refractivity contribution in [2.24, 2.45) is 4.99 Å². The van der Waals surface area contributed by atoms with Crippen molar-refractivity contribution >= 4 is 24.3 Å². The van der Waals surface area contributed by atoms with Gasteiger partial charge in [-0.3, -0.25) is 4.57 Å². The van der Waals surface area contributed by atoms with E-state index in [1.54, 1.807) is 0 Å². The summed E-state index contributed by atoms with van der Waals surface area (Å²) in [5.74, 6) is 2.30. The van der Waals surface area contributed by atoms with E-state index >= 15 is 0 Å². The Morgan fingerprint density at radius 1 is 1.28 bits per heavy atom. The zero-order chi connectivity index (χ0) is 26.7. The van der Waals surface area contributed by atoms with Crippen molar-refractivity contribution in [2.75, 3.05) is 18.0 Å². The molecule has 6 nitrogen and oxygen atoms in total. The molecule has 0 amide bonds. The molecule has 1 aromatic heterocycles. The molecular weight excluding hydrogens is 470 g/mol. The summed E-state index contributed by atoms with van der Waals surface area (Å²) < 4.78 is 8.25. The van der Waals surface area contributed by atoms with E-state index < -0.39 is 0 Å². The highest BCUT2D eigenvalue weighted by molar-refractivity contribution is 6.31. The Bertz CT molecular complexity index is 999. The Labute approximate surface area is 223 Å². The van der Waals surface area contributed by atoms with Crippen LogP contribution in [0.1, 0.15) is 79.0 Å².